The number of halogens is 1. The minimum absolute atomic E-state index is 0.00756. The standard InChI is InChI=1S/C13H17IN2O3/c1-9(2)16(8-6-11(17)19-3)13(18)10-5-4-7-15-12(10)14/h4-5,7,9H,6,8H2,1-3H3. The molecule has 0 aliphatic carbocycles. The van der Waals surface area contributed by atoms with Gasteiger partial charge in [0.15, 0.2) is 0 Å². The van der Waals surface area contributed by atoms with Gasteiger partial charge >= 0.3 is 5.97 Å². The third-order valence-electron chi connectivity index (χ3n) is 2.66. The normalized spacial score (nSPS) is 10.4. The lowest BCUT2D eigenvalue weighted by molar-refractivity contribution is -0.140. The van der Waals surface area contributed by atoms with Crippen molar-refractivity contribution >= 4 is 34.5 Å². The van der Waals surface area contributed by atoms with E-state index in [1.54, 1.807) is 23.2 Å². The van der Waals surface area contributed by atoms with Crippen LogP contribution in [0.25, 0.3) is 0 Å². The molecular weight excluding hydrogens is 359 g/mol. The molecule has 0 aromatic carbocycles. The van der Waals surface area contributed by atoms with E-state index in [0.717, 1.165) is 0 Å². The molecular formula is C13H17IN2O3. The minimum Gasteiger partial charge on any atom is -0.469 e. The van der Waals surface area contributed by atoms with Crippen LogP contribution in [0.15, 0.2) is 18.3 Å². The maximum absolute atomic E-state index is 12.4. The van der Waals surface area contributed by atoms with E-state index in [1.807, 2.05) is 36.4 Å². The van der Waals surface area contributed by atoms with Gasteiger partial charge in [0, 0.05) is 18.8 Å². The van der Waals surface area contributed by atoms with Gasteiger partial charge in [0.1, 0.15) is 3.70 Å². The first-order valence-corrected chi connectivity index (χ1v) is 7.03. The van der Waals surface area contributed by atoms with E-state index in [1.165, 1.54) is 7.11 Å². The van der Waals surface area contributed by atoms with Gasteiger partial charge in [-0.3, -0.25) is 9.59 Å². The predicted octanol–water partition coefficient (Wildman–Crippen LogP) is 2.10. The van der Waals surface area contributed by atoms with E-state index < -0.39 is 0 Å². The quantitative estimate of drug-likeness (QED) is 0.449. The maximum Gasteiger partial charge on any atom is 0.307 e. The monoisotopic (exact) mass is 376 g/mol. The number of hydrogen-bond donors (Lipinski definition) is 0. The molecule has 0 bridgehead atoms. The Morgan fingerprint density at radius 2 is 2.16 bits per heavy atom. The molecule has 0 fully saturated rings. The van der Waals surface area contributed by atoms with E-state index in [4.69, 9.17) is 0 Å². The number of carbonyl (C=O) groups excluding carboxylic acids is 2. The largest absolute Gasteiger partial charge is 0.469 e. The molecule has 0 unspecified atom stereocenters. The van der Waals surface area contributed by atoms with Gasteiger partial charge in [-0.2, -0.15) is 0 Å². The summed E-state index contributed by atoms with van der Waals surface area (Å²) in [4.78, 5) is 29.4. The van der Waals surface area contributed by atoms with Crippen LogP contribution in [0.1, 0.15) is 30.6 Å². The molecule has 0 spiro atoms. The molecule has 0 saturated heterocycles. The fraction of sp³-hybridized carbons (Fsp3) is 0.462. The van der Waals surface area contributed by atoms with E-state index in [0.29, 0.717) is 15.8 Å². The highest BCUT2D eigenvalue weighted by Gasteiger charge is 2.21. The number of rotatable bonds is 5. The van der Waals surface area contributed by atoms with Crippen molar-refractivity contribution in [3.05, 3.63) is 27.6 Å². The minimum atomic E-state index is -0.320. The number of hydrogen-bond acceptors (Lipinski definition) is 4. The van der Waals surface area contributed by atoms with Crippen LogP contribution in [0.3, 0.4) is 0 Å². The van der Waals surface area contributed by atoms with Crippen LogP contribution >= 0.6 is 22.6 Å². The molecule has 1 amide bonds. The molecule has 1 aromatic heterocycles. The molecule has 0 atom stereocenters. The Morgan fingerprint density at radius 3 is 2.68 bits per heavy atom. The van der Waals surface area contributed by atoms with Crippen molar-refractivity contribution in [2.24, 2.45) is 0 Å². The summed E-state index contributed by atoms with van der Waals surface area (Å²) in [7, 11) is 1.34. The summed E-state index contributed by atoms with van der Waals surface area (Å²) >= 11 is 2.03. The van der Waals surface area contributed by atoms with Crippen LogP contribution in [-0.2, 0) is 9.53 Å². The van der Waals surface area contributed by atoms with E-state index in [9.17, 15) is 9.59 Å². The molecule has 0 N–H and O–H groups in total. The van der Waals surface area contributed by atoms with Crippen LogP contribution < -0.4 is 0 Å². The Hall–Kier alpha value is -1.18. The van der Waals surface area contributed by atoms with Crippen molar-refractivity contribution in [1.82, 2.24) is 9.88 Å². The first-order valence-electron chi connectivity index (χ1n) is 5.95. The van der Waals surface area contributed by atoms with Crippen molar-refractivity contribution in [3.8, 4) is 0 Å². The number of aromatic nitrogens is 1. The number of pyridine rings is 1. The van der Waals surface area contributed by atoms with Gasteiger partial charge < -0.3 is 9.64 Å². The SMILES string of the molecule is COC(=O)CCN(C(=O)c1cccnc1I)C(C)C. The summed E-state index contributed by atoms with van der Waals surface area (Å²) in [5.41, 5.74) is 0.557. The van der Waals surface area contributed by atoms with Crippen LogP contribution in [-0.4, -0.2) is 41.5 Å². The smallest absolute Gasteiger partial charge is 0.307 e. The van der Waals surface area contributed by atoms with Gasteiger partial charge in [0.05, 0.1) is 19.1 Å². The second-order valence-corrected chi connectivity index (χ2v) is 5.28. The average Bonchev–Trinajstić information content (AvgIpc) is 2.38. The van der Waals surface area contributed by atoms with Gasteiger partial charge in [-0.05, 0) is 48.6 Å². The molecule has 0 aliphatic heterocycles. The number of nitrogens with zero attached hydrogens (tertiary/aromatic N) is 2. The van der Waals surface area contributed by atoms with E-state index in [-0.39, 0.29) is 24.3 Å². The van der Waals surface area contributed by atoms with E-state index in [2.05, 4.69) is 9.72 Å². The topological polar surface area (TPSA) is 59.5 Å². The fourth-order valence-electron chi connectivity index (χ4n) is 1.61. The lowest BCUT2D eigenvalue weighted by Gasteiger charge is -2.26. The van der Waals surface area contributed by atoms with Crippen LogP contribution in [0.4, 0.5) is 0 Å². The molecule has 1 rings (SSSR count). The molecule has 5 nitrogen and oxygen atoms in total. The number of esters is 1. The fourth-order valence-corrected chi connectivity index (χ4v) is 2.18. The van der Waals surface area contributed by atoms with Crippen molar-refractivity contribution in [2.75, 3.05) is 13.7 Å². The zero-order valence-electron chi connectivity index (χ0n) is 11.2. The number of ether oxygens (including phenoxy) is 1. The predicted molar refractivity (Wildman–Crippen MR) is 79.8 cm³/mol. The highest BCUT2D eigenvalue weighted by molar-refractivity contribution is 14.1. The number of carbonyl (C=O) groups is 2. The van der Waals surface area contributed by atoms with Crippen LogP contribution in [0.2, 0.25) is 0 Å². The summed E-state index contributed by atoms with van der Waals surface area (Å²) in [6, 6.07) is 3.48. The zero-order chi connectivity index (χ0) is 14.4. The Balaban J connectivity index is 2.85. The third kappa shape index (κ3) is 4.45. The first-order chi connectivity index (χ1) is 8.97. The Bertz CT molecular complexity index is 463. The molecule has 0 aliphatic rings. The highest BCUT2D eigenvalue weighted by Crippen LogP contribution is 2.14. The Labute approximate surface area is 126 Å². The molecule has 19 heavy (non-hydrogen) atoms. The molecule has 6 heteroatoms. The zero-order valence-corrected chi connectivity index (χ0v) is 13.4. The van der Waals surface area contributed by atoms with Gasteiger partial charge in [0.2, 0.25) is 0 Å². The summed E-state index contributed by atoms with van der Waals surface area (Å²) in [5.74, 6) is -0.435. The molecule has 1 aromatic rings. The van der Waals surface area contributed by atoms with E-state index >= 15 is 0 Å². The summed E-state index contributed by atoms with van der Waals surface area (Å²) in [6.07, 6.45) is 1.84. The van der Waals surface area contributed by atoms with Crippen molar-refractivity contribution in [1.29, 1.82) is 0 Å². The second kappa shape index (κ2) is 7.42. The average molecular weight is 376 g/mol. The maximum atomic E-state index is 12.4. The Kier molecular flexibility index (Phi) is 6.20. The van der Waals surface area contributed by atoms with Gasteiger partial charge in [-0.25, -0.2) is 4.98 Å². The van der Waals surface area contributed by atoms with Gasteiger partial charge in [0.25, 0.3) is 5.91 Å². The van der Waals surface area contributed by atoms with Crippen LogP contribution in [0.5, 0.6) is 0 Å². The highest BCUT2D eigenvalue weighted by atomic mass is 127. The first kappa shape index (κ1) is 15.9. The Morgan fingerprint density at radius 1 is 1.47 bits per heavy atom. The summed E-state index contributed by atoms with van der Waals surface area (Å²) in [5, 5.41) is 0. The van der Waals surface area contributed by atoms with Crippen LogP contribution in [0, 0.1) is 3.70 Å². The van der Waals surface area contributed by atoms with Crippen molar-refractivity contribution in [3.63, 3.8) is 0 Å². The molecule has 0 radical (unpaired) electrons. The number of methoxy groups -OCH3 is 1. The second-order valence-electron chi connectivity index (χ2n) is 4.26. The summed E-state index contributed by atoms with van der Waals surface area (Å²) in [6.45, 7) is 4.17. The van der Waals surface area contributed by atoms with Gasteiger partial charge in [-0.15, -0.1) is 0 Å². The summed E-state index contributed by atoms with van der Waals surface area (Å²) < 4.78 is 5.26. The number of amides is 1. The lowest BCUT2D eigenvalue weighted by atomic mass is 10.2. The third-order valence-corrected chi connectivity index (χ3v) is 3.52. The molecule has 104 valence electrons. The van der Waals surface area contributed by atoms with Crippen molar-refractivity contribution in [2.45, 2.75) is 26.3 Å². The van der Waals surface area contributed by atoms with Crippen molar-refractivity contribution < 1.29 is 14.3 Å². The molecule has 0 saturated carbocycles. The van der Waals surface area contributed by atoms with Gasteiger partial charge in [-0.1, -0.05) is 0 Å². The lowest BCUT2D eigenvalue weighted by Crippen LogP contribution is -2.39. The molecule has 1 heterocycles.